The Morgan fingerprint density at radius 2 is 1.77 bits per heavy atom. The number of thiol groups is 1. The molecule has 0 aliphatic rings. The fraction of sp³-hybridized carbons (Fsp3) is 0.542. The van der Waals surface area contributed by atoms with Gasteiger partial charge < -0.3 is 15.2 Å². The zero-order valence-electron chi connectivity index (χ0n) is 20.3. The van der Waals surface area contributed by atoms with Crippen LogP contribution in [-0.2, 0) is 35.1 Å². The molecule has 11 heteroatoms. The number of carboxylic acid groups (broad SMARTS) is 1. The molecule has 1 rings (SSSR count). The van der Waals surface area contributed by atoms with Crippen LogP contribution < -0.4 is 5.32 Å². The number of ketones is 1. The Morgan fingerprint density at radius 1 is 1.17 bits per heavy atom. The molecule has 35 heavy (non-hydrogen) atoms. The molecule has 1 aromatic rings. The van der Waals surface area contributed by atoms with Crippen molar-refractivity contribution in [3.05, 3.63) is 35.9 Å². The van der Waals surface area contributed by atoms with Crippen LogP contribution in [0.25, 0.3) is 0 Å². The lowest BCUT2D eigenvalue weighted by atomic mass is 9.94. The molecule has 0 bridgehead atoms. The Morgan fingerprint density at radius 3 is 2.26 bits per heavy atom. The highest BCUT2D eigenvalue weighted by Gasteiger charge is 2.45. The Balaban J connectivity index is 3.11. The van der Waals surface area contributed by atoms with Gasteiger partial charge in [0.05, 0.1) is 30.0 Å². The SMILES string of the molecule is COC(=O)CCCC(S)(C(C)=O)C(=O)N(I)C(CC(C)C)C(=O)N[C@@H](Cc1ccccc1)C(=O)O. The molecule has 2 N–H and O–H groups in total. The molecule has 9 nitrogen and oxygen atoms in total. The van der Waals surface area contributed by atoms with E-state index < -0.39 is 46.4 Å². The number of nitrogens with one attached hydrogen (secondary N) is 1. The number of aliphatic carboxylic acids is 1. The maximum absolute atomic E-state index is 13.4. The van der Waals surface area contributed by atoms with Crippen molar-refractivity contribution in [3.63, 3.8) is 0 Å². The third-order valence-electron chi connectivity index (χ3n) is 5.45. The highest BCUT2D eigenvalue weighted by Crippen LogP contribution is 2.30. The van der Waals surface area contributed by atoms with Crippen molar-refractivity contribution >= 4 is 65.0 Å². The van der Waals surface area contributed by atoms with Crippen LogP contribution in [0.2, 0.25) is 0 Å². The second kappa shape index (κ2) is 14.4. The lowest BCUT2D eigenvalue weighted by Crippen LogP contribution is -2.55. The van der Waals surface area contributed by atoms with E-state index in [2.05, 4.69) is 22.7 Å². The minimum absolute atomic E-state index is 0.0102. The normalized spacial score (nSPS) is 14.4. The first-order chi connectivity index (χ1) is 16.3. The van der Waals surface area contributed by atoms with Gasteiger partial charge in [-0.2, -0.15) is 12.6 Å². The van der Waals surface area contributed by atoms with Crippen LogP contribution in [0.4, 0.5) is 0 Å². The number of Topliss-reactive ketones (excluding diaryl/α,β-unsaturated/α-hetero) is 1. The summed E-state index contributed by atoms with van der Waals surface area (Å²) in [5.74, 6) is -3.55. The second-order valence-electron chi connectivity index (χ2n) is 8.70. The van der Waals surface area contributed by atoms with E-state index in [4.69, 9.17) is 0 Å². The first-order valence-electron chi connectivity index (χ1n) is 11.2. The number of benzene rings is 1. The van der Waals surface area contributed by atoms with Crippen LogP contribution in [0.1, 0.15) is 52.0 Å². The van der Waals surface area contributed by atoms with Crippen LogP contribution >= 0.6 is 35.5 Å². The van der Waals surface area contributed by atoms with Gasteiger partial charge in [0, 0.05) is 12.8 Å². The fourth-order valence-corrected chi connectivity index (χ4v) is 4.76. The summed E-state index contributed by atoms with van der Waals surface area (Å²) in [7, 11) is 1.25. The minimum atomic E-state index is -1.75. The highest BCUT2D eigenvalue weighted by atomic mass is 127. The van der Waals surface area contributed by atoms with Crippen LogP contribution in [0.15, 0.2) is 30.3 Å². The molecular weight excluding hydrogens is 587 g/mol. The summed E-state index contributed by atoms with van der Waals surface area (Å²) in [4.78, 5) is 62.3. The zero-order valence-corrected chi connectivity index (χ0v) is 23.4. The summed E-state index contributed by atoms with van der Waals surface area (Å²) in [6.07, 6.45) is 0.479. The lowest BCUT2D eigenvalue weighted by Gasteiger charge is -2.33. The molecule has 2 unspecified atom stereocenters. The standard InChI is InChI=1S/C24H33IN2O7S/c1-15(2)13-19(21(30)26-18(22(31)32)14-17-9-6-5-7-10-17)27(25)23(33)24(35,16(3)28)12-8-11-20(29)34-4/h5-7,9-10,15,18-19,35H,8,11-14H2,1-4H3,(H,26,30)(H,31,32)/t18-,19?,24?/m0/s1. The molecule has 0 saturated heterocycles. The van der Waals surface area contributed by atoms with Crippen molar-refractivity contribution in [1.29, 1.82) is 0 Å². The maximum atomic E-state index is 13.4. The van der Waals surface area contributed by atoms with Crippen molar-refractivity contribution in [2.24, 2.45) is 5.92 Å². The van der Waals surface area contributed by atoms with Gasteiger partial charge in [-0.05, 0) is 37.7 Å². The number of nitrogens with zero attached hydrogens (tertiary/aromatic N) is 1. The summed E-state index contributed by atoms with van der Waals surface area (Å²) >= 11 is 6.06. The van der Waals surface area contributed by atoms with Crippen LogP contribution in [-0.4, -0.2) is 61.7 Å². The number of carbonyl (C=O) groups excluding carboxylic acids is 4. The highest BCUT2D eigenvalue weighted by molar-refractivity contribution is 14.1. The number of ether oxygens (including phenoxy) is 1. The topological polar surface area (TPSA) is 130 Å². The molecule has 0 heterocycles. The zero-order chi connectivity index (χ0) is 26.8. The predicted octanol–water partition coefficient (Wildman–Crippen LogP) is 2.99. The monoisotopic (exact) mass is 620 g/mol. The molecule has 0 saturated carbocycles. The smallest absolute Gasteiger partial charge is 0.326 e. The van der Waals surface area contributed by atoms with Gasteiger partial charge >= 0.3 is 11.9 Å². The molecule has 0 spiro atoms. The van der Waals surface area contributed by atoms with Crippen LogP contribution in [0.3, 0.4) is 0 Å². The average Bonchev–Trinajstić information content (AvgIpc) is 2.81. The predicted molar refractivity (Wildman–Crippen MR) is 142 cm³/mol. The van der Waals surface area contributed by atoms with Gasteiger partial charge in [0.2, 0.25) is 5.91 Å². The van der Waals surface area contributed by atoms with E-state index in [1.54, 1.807) is 53.2 Å². The molecule has 194 valence electrons. The number of amides is 2. The number of hydrogen-bond acceptors (Lipinski definition) is 7. The third kappa shape index (κ3) is 9.43. The molecule has 0 aliphatic carbocycles. The number of methoxy groups -OCH3 is 1. The number of hydrogen-bond donors (Lipinski definition) is 3. The first-order valence-corrected chi connectivity index (χ1v) is 12.6. The minimum Gasteiger partial charge on any atom is -0.480 e. The van der Waals surface area contributed by atoms with E-state index in [0.29, 0.717) is 0 Å². The molecule has 3 atom stereocenters. The van der Waals surface area contributed by atoms with Gasteiger partial charge in [0.25, 0.3) is 5.91 Å². The summed E-state index contributed by atoms with van der Waals surface area (Å²) in [5.41, 5.74) is 0.736. The number of carboxylic acids is 1. The average molecular weight is 621 g/mol. The Bertz CT molecular complexity index is 912. The van der Waals surface area contributed by atoms with Crippen molar-refractivity contribution in [2.45, 2.75) is 69.7 Å². The summed E-state index contributed by atoms with van der Waals surface area (Å²) < 4.78 is 3.98. The Hall–Kier alpha value is -2.15. The summed E-state index contributed by atoms with van der Waals surface area (Å²) in [5, 5.41) is 12.2. The molecule has 0 fully saturated rings. The van der Waals surface area contributed by atoms with E-state index in [9.17, 15) is 29.1 Å². The number of esters is 1. The van der Waals surface area contributed by atoms with Gasteiger partial charge in [-0.3, -0.25) is 22.3 Å². The van der Waals surface area contributed by atoms with Crippen molar-refractivity contribution < 1.29 is 33.8 Å². The van der Waals surface area contributed by atoms with E-state index in [0.717, 1.165) is 8.68 Å². The van der Waals surface area contributed by atoms with Gasteiger partial charge in [-0.25, -0.2) is 4.79 Å². The first kappa shape index (κ1) is 30.9. The van der Waals surface area contributed by atoms with E-state index >= 15 is 0 Å². The maximum Gasteiger partial charge on any atom is 0.326 e. The second-order valence-corrected chi connectivity index (χ2v) is 10.5. The van der Waals surface area contributed by atoms with Gasteiger partial charge in [0.15, 0.2) is 10.5 Å². The molecule has 2 amide bonds. The van der Waals surface area contributed by atoms with Crippen molar-refractivity contribution in [2.75, 3.05) is 7.11 Å². The Kier molecular flexibility index (Phi) is 12.7. The molecular formula is C24H33IN2O7S. The quantitative estimate of drug-likeness (QED) is 0.0959. The Labute approximate surface area is 225 Å². The molecule has 1 aromatic carbocycles. The van der Waals surface area contributed by atoms with Crippen LogP contribution in [0, 0.1) is 5.92 Å². The van der Waals surface area contributed by atoms with Gasteiger partial charge in [-0.15, -0.1) is 0 Å². The van der Waals surface area contributed by atoms with Crippen LogP contribution in [0.5, 0.6) is 0 Å². The van der Waals surface area contributed by atoms with Gasteiger partial charge in [-0.1, -0.05) is 44.2 Å². The van der Waals surface area contributed by atoms with E-state index in [1.807, 2.05) is 13.8 Å². The number of rotatable bonds is 14. The summed E-state index contributed by atoms with van der Waals surface area (Å²) in [6, 6.07) is 6.64. The van der Waals surface area contributed by atoms with Crippen molar-refractivity contribution in [1.82, 2.24) is 8.43 Å². The lowest BCUT2D eigenvalue weighted by molar-refractivity contribution is -0.144. The molecule has 0 radical (unpaired) electrons. The number of carbonyl (C=O) groups is 5. The van der Waals surface area contributed by atoms with E-state index in [-0.39, 0.29) is 38.0 Å². The third-order valence-corrected chi connectivity index (χ3v) is 7.29. The molecule has 0 aliphatic heterocycles. The van der Waals surface area contributed by atoms with Gasteiger partial charge in [0.1, 0.15) is 12.1 Å². The van der Waals surface area contributed by atoms with E-state index in [1.165, 1.54) is 14.0 Å². The fourth-order valence-electron chi connectivity index (χ4n) is 3.41. The van der Waals surface area contributed by atoms with Crippen molar-refractivity contribution in [3.8, 4) is 0 Å². The number of halogens is 1. The summed E-state index contributed by atoms with van der Waals surface area (Å²) in [6.45, 7) is 4.96. The molecule has 0 aromatic heterocycles. The largest absolute Gasteiger partial charge is 0.480 e.